The zero-order chi connectivity index (χ0) is 18.9. The van der Waals surface area contributed by atoms with Crippen LogP contribution < -0.4 is 0 Å². The first kappa shape index (κ1) is 19.5. The predicted octanol–water partition coefficient (Wildman–Crippen LogP) is 6.18. The van der Waals surface area contributed by atoms with Crippen molar-refractivity contribution in [1.82, 2.24) is 0 Å². The predicted molar refractivity (Wildman–Crippen MR) is 64.0 cm³/mol. The lowest BCUT2D eigenvalue weighted by Gasteiger charge is -2.12. The summed E-state index contributed by atoms with van der Waals surface area (Å²) in [6.45, 7) is 5.44. The SMILES string of the molecule is C=C(C(=C)c1c(F)c(F)c(F)c(F)c1F)/C(F)=C(/F)C(F)=C(F)F. The molecule has 1 aromatic rings. The molecule has 0 aliphatic rings. The summed E-state index contributed by atoms with van der Waals surface area (Å²) in [6.07, 6.45) is -3.25. The summed E-state index contributed by atoms with van der Waals surface area (Å²) < 4.78 is 129. The Morgan fingerprint density at radius 3 is 1.29 bits per heavy atom. The highest BCUT2D eigenvalue weighted by Gasteiger charge is 2.29. The quantitative estimate of drug-likeness (QED) is 0.260. The van der Waals surface area contributed by atoms with Crippen molar-refractivity contribution in [2.45, 2.75) is 0 Å². The van der Waals surface area contributed by atoms with Crippen LogP contribution in [0.5, 0.6) is 0 Å². The molecule has 0 N–H and O–H groups in total. The van der Waals surface area contributed by atoms with Gasteiger partial charge in [0.15, 0.2) is 29.1 Å². The molecule has 0 unspecified atom stereocenters. The summed E-state index contributed by atoms with van der Waals surface area (Å²) in [5.74, 6) is -20.4. The van der Waals surface area contributed by atoms with Crippen LogP contribution in [0, 0.1) is 29.1 Å². The molecule has 10 heteroatoms. The lowest BCUT2D eigenvalue weighted by Crippen LogP contribution is -2.07. The summed E-state index contributed by atoms with van der Waals surface area (Å²) >= 11 is 0. The molecule has 0 saturated carbocycles. The summed E-state index contributed by atoms with van der Waals surface area (Å²) in [5, 5.41) is 0. The smallest absolute Gasteiger partial charge is 0.203 e. The van der Waals surface area contributed by atoms with Crippen molar-refractivity contribution in [2.24, 2.45) is 0 Å². The zero-order valence-corrected chi connectivity index (χ0v) is 11.2. The van der Waals surface area contributed by atoms with Crippen LogP contribution in [-0.4, -0.2) is 0 Å². The van der Waals surface area contributed by atoms with Crippen LogP contribution in [0.15, 0.2) is 42.3 Å². The summed E-state index contributed by atoms with van der Waals surface area (Å²) in [4.78, 5) is 0. The van der Waals surface area contributed by atoms with Crippen LogP contribution in [-0.2, 0) is 0 Å². The number of rotatable bonds is 4. The molecular formula is C14H4F10. The van der Waals surface area contributed by atoms with E-state index in [1.807, 2.05) is 0 Å². The Morgan fingerprint density at radius 2 is 0.917 bits per heavy atom. The van der Waals surface area contributed by atoms with E-state index in [2.05, 4.69) is 13.2 Å². The van der Waals surface area contributed by atoms with Crippen LogP contribution in [0.4, 0.5) is 43.9 Å². The van der Waals surface area contributed by atoms with Crippen LogP contribution in [0.3, 0.4) is 0 Å². The number of hydrogen-bond acceptors (Lipinski definition) is 0. The minimum atomic E-state index is -3.25. The van der Waals surface area contributed by atoms with Crippen molar-refractivity contribution < 1.29 is 43.9 Å². The highest BCUT2D eigenvalue weighted by Crippen LogP contribution is 2.36. The fraction of sp³-hybridized carbons (Fsp3) is 0. The van der Waals surface area contributed by atoms with Gasteiger partial charge in [0.25, 0.3) is 0 Å². The first-order valence-corrected chi connectivity index (χ1v) is 5.60. The Morgan fingerprint density at radius 1 is 0.542 bits per heavy atom. The van der Waals surface area contributed by atoms with E-state index in [0.717, 1.165) is 0 Å². The van der Waals surface area contributed by atoms with E-state index in [-0.39, 0.29) is 0 Å². The van der Waals surface area contributed by atoms with Gasteiger partial charge in [-0.3, -0.25) is 0 Å². The molecule has 1 aromatic carbocycles. The van der Waals surface area contributed by atoms with Gasteiger partial charge in [0.05, 0.1) is 5.56 Å². The van der Waals surface area contributed by atoms with Crippen molar-refractivity contribution in [3.8, 4) is 0 Å². The lowest BCUT2D eigenvalue weighted by atomic mass is 9.97. The molecule has 0 saturated heterocycles. The molecule has 0 aliphatic carbocycles. The Kier molecular flexibility index (Phi) is 5.64. The van der Waals surface area contributed by atoms with Crippen molar-refractivity contribution in [3.63, 3.8) is 0 Å². The molecule has 0 fully saturated rings. The average molecular weight is 362 g/mol. The van der Waals surface area contributed by atoms with Gasteiger partial charge in [-0.15, -0.1) is 0 Å². The third kappa shape index (κ3) is 3.22. The third-order valence-electron chi connectivity index (χ3n) is 2.69. The summed E-state index contributed by atoms with van der Waals surface area (Å²) in [7, 11) is 0. The van der Waals surface area contributed by atoms with E-state index < -0.39 is 69.4 Å². The van der Waals surface area contributed by atoms with Crippen molar-refractivity contribution in [1.29, 1.82) is 0 Å². The maximum absolute atomic E-state index is 13.5. The molecule has 0 bridgehead atoms. The highest BCUT2D eigenvalue weighted by atomic mass is 19.3. The van der Waals surface area contributed by atoms with Gasteiger partial charge in [0.2, 0.25) is 17.5 Å². The molecule has 0 atom stereocenters. The fourth-order valence-corrected chi connectivity index (χ4v) is 1.47. The van der Waals surface area contributed by atoms with Gasteiger partial charge in [-0.2, -0.15) is 13.2 Å². The molecule has 0 aromatic heterocycles. The molecule has 130 valence electrons. The third-order valence-corrected chi connectivity index (χ3v) is 2.69. The molecule has 0 heterocycles. The fourth-order valence-electron chi connectivity index (χ4n) is 1.47. The average Bonchev–Trinajstić information content (AvgIpc) is 2.55. The zero-order valence-electron chi connectivity index (χ0n) is 11.2. The molecule has 0 nitrogen and oxygen atoms in total. The molecule has 1 rings (SSSR count). The molecule has 0 radical (unpaired) electrons. The highest BCUT2D eigenvalue weighted by molar-refractivity contribution is 5.81. The van der Waals surface area contributed by atoms with Crippen molar-refractivity contribution >= 4 is 5.57 Å². The molecule has 0 spiro atoms. The second kappa shape index (κ2) is 6.93. The topological polar surface area (TPSA) is 0 Å². The van der Waals surface area contributed by atoms with E-state index >= 15 is 0 Å². The van der Waals surface area contributed by atoms with E-state index in [1.165, 1.54) is 0 Å². The van der Waals surface area contributed by atoms with Crippen LogP contribution in [0.1, 0.15) is 5.56 Å². The van der Waals surface area contributed by atoms with Gasteiger partial charge >= 0.3 is 6.08 Å². The first-order chi connectivity index (χ1) is 10.9. The maximum Gasteiger partial charge on any atom is 0.308 e. The minimum absolute atomic E-state index is 1.37. The van der Waals surface area contributed by atoms with Crippen LogP contribution >= 0.6 is 0 Å². The normalized spacial score (nSPS) is 11.9. The second-order valence-corrected chi connectivity index (χ2v) is 4.10. The van der Waals surface area contributed by atoms with E-state index in [1.54, 1.807) is 0 Å². The van der Waals surface area contributed by atoms with Crippen molar-refractivity contribution in [3.05, 3.63) is 76.9 Å². The monoisotopic (exact) mass is 362 g/mol. The van der Waals surface area contributed by atoms with Gasteiger partial charge in [-0.25, -0.2) is 30.7 Å². The van der Waals surface area contributed by atoms with E-state index in [9.17, 15) is 43.9 Å². The van der Waals surface area contributed by atoms with E-state index in [0.29, 0.717) is 0 Å². The lowest BCUT2D eigenvalue weighted by molar-refractivity contribution is 0.367. The van der Waals surface area contributed by atoms with Gasteiger partial charge in [0.1, 0.15) is 0 Å². The minimum Gasteiger partial charge on any atom is -0.203 e. The second-order valence-electron chi connectivity index (χ2n) is 4.10. The number of benzene rings is 1. The number of halogens is 10. The van der Waals surface area contributed by atoms with Gasteiger partial charge in [0, 0.05) is 5.57 Å². The maximum atomic E-state index is 13.5. The Labute approximate surface area is 127 Å². The molecule has 24 heavy (non-hydrogen) atoms. The van der Waals surface area contributed by atoms with Crippen molar-refractivity contribution in [2.75, 3.05) is 0 Å². The van der Waals surface area contributed by atoms with Crippen LogP contribution in [0.25, 0.3) is 5.57 Å². The van der Waals surface area contributed by atoms with Gasteiger partial charge in [-0.05, 0) is 5.57 Å². The number of hydrogen-bond donors (Lipinski definition) is 0. The standard InChI is InChI=1S/C14H4F10/c1-3(4(2)6(15)9(18)13(22)14(23)24)5-7(16)10(19)12(21)11(20)8(5)17/h1-2H2/b9-6-. The molecular weight excluding hydrogens is 358 g/mol. The van der Waals surface area contributed by atoms with Gasteiger partial charge < -0.3 is 0 Å². The Balaban J connectivity index is 3.53. The largest absolute Gasteiger partial charge is 0.308 e. The van der Waals surface area contributed by atoms with Crippen LogP contribution in [0.2, 0.25) is 0 Å². The van der Waals surface area contributed by atoms with Gasteiger partial charge in [-0.1, -0.05) is 13.2 Å². The Hall–Kier alpha value is -2.52. The summed E-state index contributed by atoms with van der Waals surface area (Å²) in [6, 6.07) is 0. The molecule has 0 amide bonds. The van der Waals surface area contributed by atoms with E-state index in [4.69, 9.17) is 0 Å². The number of allylic oxidation sites excluding steroid dienone is 5. The molecule has 0 aliphatic heterocycles. The Bertz CT molecular complexity index is 767. The first-order valence-electron chi connectivity index (χ1n) is 5.60. The summed E-state index contributed by atoms with van der Waals surface area (Å²) in [5.41, 5.74) is -4.65.